The van der Waals surface area contributed by atoms with Crippen LogP contribution in [0.15, 0.2) is 39.2 Å². The second-order valence-corrected chi connectivity index (χ2v) is 4.88. The van der Waals surface area contributed by atoms with Gasteiger partial charge in [0.2, 0.25) is 0 Å². The predicted octanol–water partition coefficient (Wildman–Crippen LogP) is 4.60. The van der Waals surface area contributed by atoms with Crippen LogP contribution in [-0.2, 0) is 0 Å². The lowest BCUT2D eigenvalue weighted by Crippen LogP contribution is -2.11. The molecule has 88 valence electrons. The zero-order chi connectivity index (χ0) is 12.4. The first-order valence-electron chi connectivity index (χ1n) is 4.58. The van der Waals surface area contributed by atoms with Crippen LogP contribution >= 0.6 is 39.1 Å². The summed E-state index contributed by atoms with van der Waals surface area (Å²) in [6.07, 6.45) is 0. The Balaban J connectivity index is 2.18. The number of benzene rings is 1. The van der Waals surface area contributed by atoms with Gasteiger partial charge in [0.25, 0.3) is 5.91 Å². The van der Waals surface area contributed by atoms with E-state index in [1.807, 2.05) is 0 Å². The van der Waals surface area contributed by atoms with Crippen molar-refractivity contribution in [3.05, 3.63) is 50.8 Å². The van der Waals surface area contributed by atoms with E-state index in [1.54, 1.807) is 18.2 Å². The van der Waals surface area contributed by atoms with Gasteiger partial charge >= 0.3 is 0 Å². The molecular weight excluding hydrogens is 329 g/mol. The zero-order valence-electron chi connectivity index (χ0n) is 8.34. The number of furan rings is 1. The van der Waals surface area contributed by atoms with E-state index in [-0.39, 0.29) is 11.0 Å². The van der Waals surface area contributed by atoms with Crippen LogP contribution in [-0.4, -0.2) is 5.91 Å². The van der Waals surface area contributed by atoms with Crippen molar-refractivity contribution in [2.75, 3.05) is 5.32 Å². The lowest BCUT2D eigenvalue weighted by molar-refractivity contribution is 0.0997. The van der Waals surface area contributed by atoms with E-state index < -0.39 is 5.91 Å². The van der Waals surface area contributed by atoms with Crippen LogP contribution in [0.5, 0.6) is 0 Å². The molecule has 2 rings (SSSR count). The van der Waals surface area contributed by atoms with E-state index in [9.17, 15) is 4.79 Å². The molecule has 17 heavy (non-hydrogen) atoms. The lowest BCUT2D eigenvalue weighted by atomic mass is 10.3. The molecule has 1 N–H and O–H groups in total. The zero-order valence-corrected chi connectivity index (χ0v) is 11.4. The maximum atomic E-state index is 11.7. The molecule has 3 nitrogen and oxygen atoms in total. The molecule has 0 atom stereocenters. The maximum Gasteiger partial charge on any atom is 0.291 e. The molecule has 0 aliphatic carbocycles. The van der Waals surface area contributed by atoms with Gasteiger partial charge in [0.1, 0.15) is 0 Å². The molecule has 0 saturated heterocycles. The number of halogens is 3. The van der Waals surface area contributed by atoms with Gasteiger partial charge in [-0.25, -0.2) is 0 Å². The summed E-state index contributed by atoms with van der Waals surface area (Å²) in [5.74, 6) is -0.268. The van der Waals surface area contributed by atoms with Crippen LogP contribution in [0.3, 0.4) is 0 Å². The number of rotatable bonds is 2. The largest absolute Gasteiger partial charge is 0.440 e. The summed E-state index contributed by atoms with van der Waals surface area (Å²) in [4.78, 5) is 11.7. The van der Waals surface area contributed by atoms with E-state index in [2.05, 4.69) is 21.2 Å². The van der Waals surface area contributed by atoms with Gasteiger partial charge in [-0.05, 0) is 41.9 Å². The van der Waals surface area contributed by atoms with Crippen molar-refractivity contribution in [2.24, 2.45) is 0 Å². The molecule has 2 aromatic rings. The molecule has 0 radical (unpaired) electrons. The van der Waals surface area contributed by atoms with Gasteiger partial charge in [-0.3, -0.25) is 4.79 Å². The number of carbonyl (C=O) groups is 1. The summed E-state index contributed by atoms with van der Waals surface area (Å²) in [5.41, 5.74) is 0.507. The van der Waals surface area contributed by atoms with Crippen LogP contribution in [0.1, 0.15) is 10.6 Å². The van der Waals surface area contributed by atoms with Crippen molar-refractivity contribution in [3.63, 3.8) is 0 Å². The van der Waals surface area contributed by atoms with Crippen LogP contribution in [0.25, 0.3) is 0 Å². The van der Waals surface area contributed by atoms with Gasteiger partial charge in [-0.2, -0.15) is 0 Å². The van der Waals surface area contributed by atoms with E-state index in [4.69, 9.17) is 27.6 Å². The SMILES string of the molecule is O=C(Nc1ccc(Br)cc1Cl)c1ccc(Cl)o1. The number of hydrogen-bond donors (Lipinski definition) is 1. The Bertz CT molecular complexity index is 568. The third kappa shape index (κ3) is 3.03. The van der Waals surface area contributed by atoms with Gasteiger partial charge in [-0.1, -0.05) is 27.5 Å². The van der Waals surface area contributed by atoms with Gasteiger partial charge in [0.15, 0.2) is 11.0 Å². The summed E-state index contributed by atoms with van der Waals surface area (Å²) in [6, 6.07) is 8.14. The van der Waals surface area contributed by atoms with Crippen molar-refractivity contribution in [1.82, 2.24) is 0 Å². The Kier molecular flexibility index (Phi) is 3.76. The monoisotopic (exact) mass is 333 g/mol. The number of anilines is 1. The van der Waals surface area contributed by atoms with Crippen molar-refractivity contribution in [1.29, 1.82) is 0 Å². The fourth-order valence-corrected chi connectivity index (χ4v) is 2.08. The number of hydrogen-bond acceptors (Lipinski definition) is 2. The van der Waals surface area contributed by atoms with Crippen LogP contribution in [0, 0.1) is 0 Å². The third-order valence-corrected chi connectivity index (χ3v) is 2.99. The highest BCUT2D eigenvalue weighted by molar-refractivity contribution is 9.10. The minimum atomic E-state index is -0.402. The maximum absolute atomic E-state index is 11.7. The average Bonchev–Trinajstić information content (AvgIpc) is 2.69. The van der Waals surface area contributed by atoms with Crippen molar-refractivity contribution >= 4 is 50.7 Å². The van der Waals surface area contributed by atoms with Crippen LogP contribution in [0.4, 0.5) is 5.69 Å². The van der Waals surface area contributed by atoms with Gasteiger partial charge in [-0.15, -0.1) is 0 Å². The highest BCUT2D eigenvalue weighted by Gasteiger charge is 2.12. The Labute approximate surface area is 116 Å². The van der Waals surface area contributed by atoms with E-state index >= 15 is 0 Å². The minimum absolute atomic E-state index is 0.133. The molecule has 0 bridgehead atoms. The minimum Gasteiger partial charge on any atom is -0.440 e. The van der Waals surface area contributed by atoms with Gasteiger partial charge in [0, 0.05) is 4.47 Å². The van der Waals surface area contributed by atoms with E-state index in [0.29, 0.717) is 10.7 Å². The van der Waals surface area contributed by atoms with Crippen LogP contribution < -0.4 is 5.32 Å². The van der Waals surface area contributed by atoms with E-state index in [1.165, 1.54) is 12.1 Å². The molecule has 0 spiro atoms. The standard InChI is InChI=1S/C11H6BrCl2NO2/c12-6-1-2-8(7(13)5-6)15-11(16)9-3-4-10(14)17-9/h1-5H,(H,15,16). The Morgan fingerprint density at radius 1 is 1.24 bits per heavy atom. The number of nitrogens with one attached hydrogen (secondary N) is 1. The van der Waals surface area contributed by atoms with Crippen molar-refractivity contribution in [2.45, 2.75) is 0 Å². The molecule has 1 heterocycles. The Morgan fingerprint density at radius 2 is 2.00 bits per heavy atom. The number of amides is 1. The topological polar surface area (TPSA) is 42.2 Å². The molecule has 0 aliphatic heterocycles. The summed E-state index contributed by atoms with van der Waals surface area (Å²) in [5, 5.41) is 3.22. The first-order chi connectivity index (χ1) is 8.06. The molecule has 1 amide bonds. The molecule has 1 aromatic carbocycles. The fourth-order valence-electron chi connectivity index (χ4n) is 1.21. The summed E-state index contributed by atoms with van der Waals surface area (Å²) >= 11 is 14.8. The average molecular weight is 335 g/mol. The van der Waals surface area contributed by atoms with Gasteiger partial charge < -0.3 is 9.73 Å². The highest BCUT2D eigenvalue weighted by atomic mass is 79.9. The first kappa shape index (κ1) is 12.5. The quantitative estimate of drug-likeness (QED) is 0.872. The van der Waals surface area contributed by atoms with Gasteiger partial charge in [0.05, 0.1) is 10.7 Å². The molecule has 0 fully saturated rings. The Hall–Kier alpha value is -0.970. The molecule has 0 aliphatic rings. The molecular formula is C11H6BrCl2NO2. The smallest absolute Gasteiger partial charge is 0.291 e. The summed E-state index contributed by atoms with van der Waals surface area (Å²) < 4.78 is 5.82. The second-order valence-electron chi connectivity index (χ2n) is 3.18. The highest BCUT2D eigenvalue weighted by Crippen LogP contribution is 2.26. The lowest BCUT2D eigenvalue weighted by Gasteiger charge is -2.05. The fraction of sp³-hybridized carbons (Fsp3) is 0. The first-order valence-corrected chi connectivity index (χ1v) is 6.13. The summed E-state index contributed by atoms with van der Waals surface area (Å²) in [6.45, 7) is 0. The molecule has 1 aromatic heterocycles. The second kappa shape index (κ2) is 5.12. The predicted molar refractivity (Wildman–Crippen MR) is 70.8 cm³/mol. The van der Waals surface area contributed by atoms with Crippen molar-refractivity contribution in [3.8, 4) is 0 Å². The van der Waals surface area contributed by atoms with Crippen molar-refractivity contribution < 1.29 is 9.21 Å². The summed E-state index contributed by atoms with van der Waals surface area (Å²) in [7, 11) is 0. The third-order valence-electron chi connectivity index (χ3n) is 1.98. The Morgan fingerprint density at radius 3 is 2.59 bits per heavy atom. The number of carbonyl (C=O) groups excluding carboxylic acids is 1. The molecule has 6 heteroatoms. The molecule has 0 saturated carbocycles. The van der Waals surface area contributed by atoms with Crippen LogP contribution in [0.2, 0.25) is 10.2 Å². The van der Waals surface area contributed by atoms with E-state index in [0.717, 1.165) is 4.47 Å². The normalized spacial score (nSPS) is 10.3. The molecule has 0 unspecified atom stereocenters.